The van der Waals surface area contributed by atoms with Crippen LogP contribution in [0.1, 0.15) is 27.9 Å². The van der Waals surface area contributed by atoms with Crippen LogP contribution in [0.5, 0.6) is 0 Å². The maximum atomic E-state index is 11.3. The van der Waals surface area contributed by atoms with Gasteiger partial charge in [-0.25, -0.2) is 4.98 Å². The van der Waals surface area contributed by atoms with Gasteiger partial charge in [0.2, 0.25) is 0 Å². The van der Waals surface area contributed by atoms with Gasteiger partial charge in [0, 0.05) is 16.5 Å². The molecule has 0 spiro atoms. The summed E-state index contributed by atoms with van der Waals surface area (Å²) in [5.41, 5.74) is 3.27. The first-order valence-corrected chi connectivity index (χ1v) is 6.79. The first-order valence-electron chi connectivity index (χ1n) is 5.91. The summed E-state index contributed by atoms with van der Waals surface area (Å²) in [7, 11) is 0. The Hall–Kier alpha value is -2.28. The predicted molar refractivity (Wildman–Crippen MR) is 77.3 cm³/mol. The lowest BCUT2D eigenvalue weighted by atomic mass is 10.1. The molecule has 1 aromatic heterocycles. The minimum atomic E-state index is -0.492. The molecule has 0 radical (unpaired) electrons. The quantitative estimate of drug-likeness (QED) is 0.519. The Morgan fingerprint density at radius 3 is 2.80 bits per heavy atom. The lowest BCUT2D eigenvalue weighted by Crippen LogP contribution is -2.04. The highest BCUT2D eigenvalue weighted by Crippen LogP contribution is 2.27. The van der Waals surface area contributed by atoms with Gasteiger partial charge in [0.05, 0.1) is 22.7 Å². The van der Waals surface area contributed by atoms with Crippen molar-refractivity contribution >= 4 is 28.5 Å². The summed E-state index contributed by atoms with van der Waals surface area (Å²) in [6.07, 6.45) is 0. The molecule has 0 saturated heterocycles. The summed E-state index contributed by atoms with van der Waals surface area (Å²) in [5, 5.41) is 14.1. The van der Waals surface area contributed by atoms with Gasteiger partial charge in [0.1, 0.15) is 5.69 Å². The Morgan fingerprint density at radius 2 is 2.25 bits per heavy atom. The van der Waals surface area contributed by atoms with Gasteiger partial charge in [0.15, 0.2) is 5.78 Å². The van der Waals surface area contributed by atoms with Crippen molar-refractivity contribution < 1.29 is 9.72 Å². The maximum absolute atomic E-state index is 11.3. The SMILES string of the molecule is CC(=O)c1ccc(NCc2scnc2C)c([N+](=O)[O-])c1. The monoisotopic (exact) mass is 291 g/mol. The van der Waals surface area contributed by atoms with E-state index in [2.05, 4.69) is 10.3 Å². The van der Waals surface area contributed by atoms with Crippen molar-refractivity contribution in [2.45, 2.75) is 20.4 Å². The Labute approximate surface area is 119 Å². The molecule has 1 aromatic carbocycles. The number of nitrogens with zero attached hydrogens (tertiary/aromatic N) is 2. The maximum Gasteiger partial charge on any atom is 0.293 e. The number of nitro groups is 1. The highest BCUT2D eigenvalue weighted by molar-refractivity contribution is 7.09. The Bertz CT molecular complexity index is 667. The summed E-state index contributed by atoms with van der Waals surface area (Å²) in [6.45, 7) is 3.74. The molecule has 104 valence electrons. The average Bonchev–Trinajstić information content (AvgIpc) is 2.81. The van der Waals surface area contributed by atoms with Crippen molar-refractivity contribution in [3.8, 4) is 0 Å². The standard InChI is InChI=1S/C13H13N3O3S/c1-8-13(20-7-15-8)6-14-11-4-3-10(9(2)17)5-12(11)16(18)19/h3-5,7,14H,6H2,1-2H3. The summed E-state index contributed by atoms with van der Waals surface area (Å²) < 4.78 is 0. The van der Waals surface area contributed by atoms with Crippen LogP contribution < -0.4 is 5.32 Å². The molecule has 0 amide bonds. The molecular weight excluding hydrogens is 278 g/mol. The average molecular weight is 291 g/mol. The molecule has 0 atom stereocenters. The highest BCUT2D eigenvalue weighted by Gasteiger charge is 2.16. The van der Waals surface area contributed by atoms with Crippen LogP contribution in [-0.2, 0) is 6.54 Å². The van der Waals surface area contributed by atoms with E-state index in [1.165, 1.54) is 24.3 Å². The molecule has 20 heavy (non-hydrogen) atoms. The lowest BCUT2D eigenvalue weighted by molar-refractivity contribution is -0.384. The Morgan fingerprint density at radius 1 is 1.50 bits per heavy atom. The first-order chi connectivity index (χ1) is 9.49. The molecular formula is C13H13N3O3S. The molecule has 0 aliphatic rings. The van der Waals surface area contributed by atoms with Crippen molar-refractivity contribution in [2.24, 2.45) is 0 Å². The van der Waals surface area contributed by atoms with Crippen LogP contribution in [0.15, 0.2) is 23.7 Å². The highest BCUT2D eigenvalue weighted by atomic mass is 32.1. The van der Waals surface area contributed by atoms with Gasteiger partial charge >= 0.3 is 0 Å². The Balaban J connectivity index is 2.25. The number of nitro benzene ring substituents is 1. The number of hydrogen-bond acceptors (Lipinski definition) is 6. The van der Waals surface area contributed by atoms with Gasteiger partial charge in [-0.1, -0.05) is 0 Å². The molecule has 0 aliphatic carbocycles. The zero-order valence-electron chi connectivity index (χ0n) is 11.0. The van der Waals surface area contributed by atoms with Gasteiger partial charge in [-0.05, 0) is 26.0 Å². The number of aromatic nitrogens is 1. The normalized spacial score (nSPS) is 10.3. The number of benzene rings is 1. The van der Waals surface area contributed by atoms with E-state index >= 15 is 0 Å². The number of nitrogens with one attached hydrogen (secondary N) is 1. The third-order valence-electron chi connectivity index (χ3n) is 2.89. The molecule has 1 heterocycles. The fourth-order valence-corrected chi connectivity index (χ4v) is 2.44. The van der Waals surface area contributed by atoms with Crippen LogP contribution in [0.2, 0.25) is 0 Å². The van der Waals surface area contributed by atoms with Crippen LogP contribution in [0, 0.1) is 17.0 Å². The second-order valence-corrected chi connectivity index (χ2v) is 5.20. The lowest BCUT2D eigenvalue weighted by Gasteiger charge is -2.07. The summed E-state index contributed by atoms with van der Waals surface area (Å²) in [5.74, 6) is -0.196. The largest absolute Gasteiger partial charge is 0.375 e. The minimum absolute atomic E-state index is 0.0973. The number of carbonyl (C=O) groups excluding carboxylic acids is 1. The molecule has 6 nitrogen and oxygen atoms in total. The van der Waals surface area contributed by atoms with Crippen molar-refractivity contribution in [1.82, 2.24) is 4.98 Å². The fraction of sp³-hybridized carbons (Fsp3) is 0.231. The zero-order valence-corrected chi connectivity index (χ0v) is 11.9. The third kappa shape index (κ3) is 3.00. The van der Waals surface area contributed by atoms with E-state index in [1.54, 1.807) is 17.6 Å². The van der Waals surface area contributed by atoms with E-state index in [4.69, 9.17) is 0 Å². The van der Waals surface area contributed by atoms with Crippen molar-refractivity contribution in [3.05, 3.63) is 50.0 Å². The molecule has 0 aliphatic heterocycles. The van der Waals surface area contributed by atoms with Gasteiger partial charge in [-0.15, -0.1) is 11.3 Å². The summed E-state index contributed by atoms with van der Waals surface area (Å²) >= 11 is 1.49. The van der Waals surface area contributed by atoms with E-state index < -0.39 is 4.92 Å². The van der Waals surface area contributed by atoms with Crippen molar-refractivity contribution in [2.75, 3.05) is 5.32 Å². The van der Waals surface area contributed by atoms with E-state index in [0.29, 0.717) is 17.8 Å². The van der Waals surface area contributed by atoms with Crippen LogP contribution in [0.3, 0.4) is 0 Å². The molecule has 0 unspecified atom stereocenters. The minimum Gasteiger partial charge on any atom is -0.375 e. The molecule has 7 heteroatoms. The van der Waals surface area contributed by atoms with Crippen LogP contribution in [-0.4, -0.2) is 15.7 Å². The summed E-state index contributed by atoms with van der Waals surface area (Å²) in [4.78, 5) is 27.0. The van der Waals surface area contributed by atoms with Gasteiger partial charge in [-0.2, -0.15) is 0 Å². The van der Waals surface area contributed by atoms with Gasteiger partial charge in [0.25, 0.3) is 5.69 Å². The first kappa shape index (κ1) is 14.1. The van der Waals surface area contributed by atoms with Crippen LogP contribution in [0.25, 0.3) is 0 Å². The molecule has 1 N–H and O–H groups in total. The number of Topliss-reactive ketones (excluding diaryl/α,β-unsaturated/α-hetero) is 1. The Kier molecular flexibility index (Phi) is 4.09. The smallest absolute Gasteiger partial charge is 0.293 e. The summed E-state index contributed by atoms with van der Waals surface area (Å²) in [6, 6.07) is 4.44. The van der Waals surface area contributed by atoms with Crippen molar-refractivity contribution in [1.29, 1.82) is 0 Å². The second-order valence-electron chi connectivity index (χ2n) is 4.26. The number of aryl methyl sites for hydroxylation is 1. The van der Waals surface area contributed by atoms with Crippen LogP contribution >= 0.6 is 11.3 Å². The second kappa shape index (κ2) is 5.79. The fourth-order valence-electron chi connectivity index (χ4n) is 1.72. The topological polar surface area (TPSA) is 85.1 Å². The third-order valence-corrected chi connectivity index (χ3v) is 3.82. The molecule has 2 aromatic rings. The number of anilines is 1. The zero-order chi connectivity index (χ0) is 14.7. The van der Waals surface area contributed by atoms with Gasteiger partial charge in [-0.3, -0.25) is 14.9 Å². The number of rotatable bonds is 5. The van der Waals surface area contributed by atoms with E-state index in [1.807, 2.05) is 6.92 Å². The predicted octanol–water partition coefficient (Wildman–Crippen LogP) is 3.17. The van der Waals surface area contributed by atoms with E-state index in [-0.39, 0.29) is 11.5 Å². The van der Waals surface area contributed by atoms with Crippen molar-refractivity contribution in [3.63, 3.8) is 0 Å². The molecule has 2 rings (SSSR count). The van der Waals surface area contributed by atoms with Gasteiger partial charge < -0.3 is 5.32 Å². The number of ketones is 1. The van der Waals surface area contributed by atoms with E-state index in [9.17, 15) is 14.9 Å². The molecule has 0 saturated carbocycles. The number of hydrogen-bond donors (Lipinski definition) is 1. The molecule has 0 fully saturated rings. The molecule has 0 bridgehead atoms. The number of thiazole rings is 1. The number of carbonyl (C=O) groups is 1. The van der Waals surface area contributed by atoms with E-state index in [0.717, 1.165) is 10.6 Å². The van der Waals surface area contributed by atoms with Crippen LogP contribution in [0.4, 0.5) is 11.4 Å².